The molecule has 0 atom stereocenters. The molecule has 3 rings (SSSR count). The van der Waals surface area contributed by atoms with Crippen molar-refractivity contribution in [1.82, 2.24) is 0 Å². The molecule has 0 saturated carbocycles. The summed E-state index contributed by atoms with van der Waals surface area (Å²) >= 11 is 0. The van der Waals surface area contributed by atoms with Gasteiger partial charge in [0.05, 0.1) is 19.9 Å². The van der Waals surface area contributed by atoms with Crippen LogP contribution in [0.15, 0.2) is 72.8 Å². The number of ether oxygens (including phenoxy) is 4. The molecule has 0 fully saturated rings. The summed E-state index contributed by atoms with van der Waals surface area (Å²) in [6, 6.07) is 21.3. The van der Waals surface area contributed by atoms with Gasteiger partial charge in [0.1, 0.15) is 29.4 Å². The van der Waals surface area contributed by atoms with E-state index in [2.05, 4.69) is 5.32 Å². The van der Waals surface area contributed by atoms with E-state index in [1.807, 2.05) is 30.3 Å². The van der Waals surface area contributed by atoms with Gasteiger partial charge in [0.15, 0.2) is 6.61 Å². The quantitative estimate of drug-likeness (QED) is 0.524. The first-order valence-corrected chi connectivity index (χ1v) is 9.55. The standard InChI is InChI=1S/C24H23NO6/c1-28-18-12-13-22(29-2)20(14-18)25-23(26)16-31-24(27)19-10-6-7-11-21(19)30-15-17-8-4-3-5-9-17/h3-14H,15-16H2,1-2H3,(H,25,26). The molecule has 0 unspecified atom stereocenters. The summed E-state index contributed by atoms with van der Waals surface area (Å²) in [5.41, 5.74) is 1.62. The highest BCUT2D eigenvalue weighted by Crippen LogP contribution is 2.28. The van der Waals surface area contributed by atoms with Gasteiger partial charge in [-0.2, -0.15) is 0 Å². The summed E-state index contributed by atoms with van der Waals surface area (Å²) in [5, 5.41) is 2.65. The van der Waals surface area contributed by atoms with Crippen LogP contribution in [0.4, 0.5) is 5.69 Å². The smallest absolute Gasteiger partial charge is 0.342 e. The van der Waals surface area contributed by atoms with Gasteiger partial charge in [-0.15, -0.1) is 0 Å². The van der Waals surface area contributed by atoms with E-state index in [-0.39, 0.29) is 5.56 Å². The van der Waals surface area contributed by atoms with Gasteiger partial charge >= 0.3 is 5.97 Å². The molecule has 3 aromatic carbocycles. The molecular weight excluding hydrogens is 398 g/mol. The maximum Gasteiger partial charge on any atom is 0.342 e. The van der Waals surface area contributed by atoms with E-state index >= 15 is 0 Å². The van der Waals surface area contributed by atoms with Crippen LogP contribution in [0.2, 0.25) is 0 Å². The average molecular weight is 421 g/mol. The number of amides is 1. The SMILES string of the molecule is COc1ccc(OC)c(NC(=O)COC(=O)c2ccccc2OCc2ccccc2)c1. The first kappa shape index (κ1) is 21.7. The van der Waals surface area contributed by atoms with Crippen molar-refractivity contribution in [2.24, 2.45) is 0 Å². The Bertz CT molecular complexity index is 1040. The zero-order valence-corrected chi connectivity index (χ0v) is 17.3. The molecule has 0 aliphatic carbocycles. The van der Waals surface area contributed by atoms with Gasteiger partial charge in [-0.3, -0.25) is 4.79 Å². The highest BCUT2D eigenvalue weighted by atomic mass is 16.5. The largest absolute Gasteiger partial charge is 0.497 e. The van der Waals surface area contributed by atoms with Crippen LogP contribution in [0.1, 0.15) is 15.9 Å². The van der Waals surface area contributed by atoms with Gasteiger partial charge in [0.2, 0.25) is 0 Å². The number of carbonyl (C=O) groups is 2. The summed E-state index contributed by atoms with van der Waals surface area (Å²) < 4.78 is 21.3. The maximum atomic E-state index is 12.5. The van der Waals surface area contributed by atoms with Crippen LogP contribution in [0.25, 0.3) is 0 Å². The van der Waals surface area contributed by atoms with Crippen LogP contribution in [0, 0.1) is 0 Å². The van der Waals surface area contributed by atoms with Crippen molar-refractivity contribution >= 4 is 17.6 Å². The number of nitrogens with one attached hydrogen (secondary N) is 1. The molecule has 0 aliphatic heterocycles. The fourth-order valence-corrected chi connectivity index (χ4v) is 2.80. The van der Waals surface area contributed by atoms with Crippen LogP contribution in [-0.4, -0.2) is 32.7 Å². The minimum absolute atomic E-state index is 0.241. The van der Waals surface area contributed by atoms with E-state index in [4.69, 9.17) is 18.9 Å². The van der Waals surface area contributed by atoms with Crippen molar-refractivity contribution in [3.63, 3.8) is 0 Å². The highest BCUT2D eigenvalue weighted by Gasteiger charge is 2.16. The molecule has 7 heteroatoms. The predicted molar refractivity (Wildman–Crippen MR) is 116 cm³/mol. The predicted octanol–water partition coefficient (Wildman–Crippen LogP) is 4.08. The van der Waals surface area contributed by atoms with Gasteiger partial charge in [-0.1, -0.05) is 42.5 Å². The Morgan fingerprint density at radius 1 is 0.839 bits per heavy atom. The molecular formula is C24H23NO6. The van der Waals surface area contributed by atoms with Gasteiger partial charge in [-0.25, -0.2) is 4.79 Å². The third-order valence-electron chi connectivity index (χ3n) is 4.36. The number of para-hydroxylation sites is 1. The normalized spacial score (nSPS) is 10.1. The number of hydrogen-bond acceptors (Lipinski definition) is 6. The Kier molecular flexibility index (Phi) is 7.48. The number of hydrogen-bond donors (Lipinski definition) is 1. The maximum absolute atomic E-state index is 12.5. The van der Waals surface area contributed by atoms with Gasteiger partial charge in [0, 0.05) is 6.07 Å². The average Bonchev–Trinajstić information content (AvgIpc) is 2.82. The van der Waals surface area contributed by atoms with Crippen LogP contribution < -0.4 is 19.5 Å². The molecule has 0 bridgehead atoms. The summed E-state index contributed by atoms with van der Waals surface area (Å²) in [7, 11) is 3.01. The Morgan fingerprint density at radius 2 is 1.58 bits per heavy atom. The second-order valence-electron chi connectivity index (χ2n) is 6.46. The topological polar surface area (TPSA) is 83.1 Å². The number of benzene rings is 3. The second-order valence-corrected chi connectivity index (χ2v) is 6.46. The monoisotopic (exact) mass is 421 g/mol. The molecule has 1 N–H and O–H groups in total. The Balaban J connectivity index is 1.60. The second kappa shape index (κ2) is 10.7. The molecule has 3 aromatic rings. The molecule has 0 aromatic heterocycles. The summed E-state index contributed by atoms with van der Waals surface area (Å²) in [5.74, 6) is 0.225. The van der Waals surface area contributed by atoms with Crippen LogP contribution in [0.3, 0.4) is 0 Å². The molecule has 0 saturated heterocycles. The van der Waals surface area contributed by atoms with Crippen molar-refractivity contribution in [2.45, 2.75) is 6.61 Å². The molecule has 160 valence electrons. The number of esters is 1. The lowest BCUT2D eigenvalue weighted by Crippen LogP contribution is -2.21. The van der Waals surface area contributed by atoms with E-state index in [0.717, 1.165) is 5.56 Å². The van der Waals surface area contributed by atoms with Gasteiger partial charge in [0.25, 0.3) is 5.91 Å². The van der Waals surface area contributed by atoms with Crippen LogP contribution in [-0.2, 0) is 16.1 Å². The molecule has 0 spiro atoms. The fourth-order valence-electron chi connectivity index (χ4n) is 2.80. The first-order valence-electron chi connectivity index (χ1n) is 9.55. The third kappa shape index (κ3) is 5.99. The number of anilines is 1. The van der Waals surface area contributed by atoms with Crippen molar-refractivity contribution in [1.29, 1.82) is 0 Å². The van der Waals surface area contributed by atoms with Crippen molar-refractivity contribution in [2.75, 3.05) is 26.1 Å². The van der Waals surface area contributed by atoms with E-state index in [1.165, 1.54) is 14.2 Å². The van der Waals surface area contributed by atoms with E-state index in [0.29, 0.717) is 29.5 Å². The fraction of sp³-hybridized carbons (Fsp3) is 0.167. The van der Waals surface area contributed by atoms with E-state index in [1.54, 1.807) is 42.5 Å². The third-order valence-corrected chi connectivity index (χ3v) is 4.36. The molecule has 0 radical (unpaired) electrons. The number of methoxy groups -OCH3 is 2. The van der Waals surface area contributed by atoms with E-state index in [9.17, 15) is 9.59 Å². The lowest BCUT2D eigenvalue weighted by molar-refractivity contribution is -0.119. The van der Waals surface area contributed by atoms with Crippen LogP contribution >= 0.6 is 0 Å². The van der Waals surface area contributed by atoms with Gasteiger partial charge < -0.3 is 24.3 Å². The zero-order chi connectivity index (χ0) is 22.1. The molecule has 0 heterocycles. The van der Waals surface area contributed by atoms with Gasteiger partial charge in [-0.05, 0) is 29.8 Å². The highest BCUT2D eigenvalue weighted by molar-refractivity contribution is 5.97. The Labute approximate surface area is 180 Å². The van der Waals surface area contributed by atoms with E-state index < -0.39 is 18.5 Å². The summed E-state index contributed by atoms with van der Waals surface area (Å²) in [6.45, 7) is -0.159. The molecule has 7 nitrogen and oxygen atoms in total. The lowest BCUT2D eigenvalue weighted by Gasteiger charge is -2.13. The number of rotatable bonds is 9. The summed E-state index contributed by atoms with van der Waals surface area (Å²) in [4.78, 5) is 24.8. The minimum atomic E-state index is -0.656. The van der Waals surface area contributed by atoms with Crippen molar-refractivity contribution < 1.29 is 28.5 Å². The molecule has 1 amide bonds. The zero-order valence-electron chi connectivity index (χ0n) is 17.3. The molecule has 31 heavy (non-hydrogen) atoms. The lowest BCUT2D eigenvalue weighted by atomic mass is 10.2. The summed E-state index contributed by atoms with van der Waals surface area (Å²) in [6.07, 6.45) is 0. The van der Waals surface area contributed by atoms with Crippen LogP contribution in [0.5, 0.6) is 17.2 Å². The number of carbonyl (C=O) groups excluding carboxylic acids is 2. The van der Waals surface area contributed by atoms with Crippen molar-refractivity contribution in [3.8, 4) is 17.2 Å². The van der Waals surface area contributed by atoms with Crippen molar-refractivity contribution in [3.05, 3.63) is 83.9 Å². The first-order chi connectivity index (χ1) is 15.1. The Hall–Kier alpha value is -4.00. The molecule has 0 aliphatic rings. The Morgan fingerprint density at radius 3 is 2.32 bits per heavy atom. The minimum Gasteiger partial charge on any atom is -0.497 e.